The van der Waals surface area contributed by atoms with Crippen LogP contribution in [0.3, 0.4) is 0 Å². The molecule has 0 spiro atoms. The van der Waals surface area contributed by atoms with Crippen LogP contribution in [0, 0.1) is 6.07 Å². The molecule has 19 heavy (non-hydrogen) atoms. The van der Waals surface area contributed by atoms with E-state index in [1.54, 1.807) is 0 Å². The first kappa shape index (κ1) is 13.9. The zero-order valence-electron chi connectivity index (χ0n) is 11.1. The van der Waals surface area contributed by atoms with Crippen LogP contribution in [0.1, 0.15) is 17.3 Å². The summed E-state index contributed by atoms with van der Waals surface area (Å²) in [6.45, 7) is 2.54. The molecule has 2 nitrogen and oxygen atoms in total. The summed E-state index contributed by atoms with van der Waals surface area (Å²) in [5, 5.41) is 0. The predicted octanol–water partition coefficient (Wildman–Crippen LogP) is 2.64. The molecule has 0 N–H and O–H groups in total. The molecule has 0 aliphatic carbocycles. The SMILES string of the molecule is CCOc1cccc(C(=O)[As](C)c2[c]cccc2)c1. The maximum atomic E-state index is 12.5. The Morgan fingerprint density at radius 3 is 2.79 bits per heavy atom. The number of benzene rings is 2. The molecule has 0 aliphatic rings. The molecule has 0 bridgehead atoms. The van der Waals surface area contributed by atoms with Gasteiger partial charge >= 0.3 is 118 Å². The van der Waals surface area contributed by atoms with E-state index in [0.717, 1.165) is 15.7 Å². The molecule has 1 unspecified atom stereocenters. The Morgan fingerprint density at radius 2 is 2.11 bits per heavy atom. The summed E-state index contributed by atoms with van der Waals surface area (Å²) in [6.07, 6.45) is 0. The molecule has 1 atom stereocenters. The van der Waals surface area contributed by atoms with Crippen molar-refractivity contribution < 1.29 is 9.53 Å². The number of carbonyl (C=O) groups excluding carboxylic acids is 1. The van der Waals surface area contributed by atoms with Gasteiger partial charge in [0.25, 0.3) is 0 Å². The number of ether oxygens (including phenoxy) is 1. The summed E-state index contributed by atoms with van der Waals surface area (Å²) in [7, 11) is 0. The second-order valence-corrected chi connectivity index (χ2v) is 8.28. The van der Waals surface area contributed by atoms with Gasteiger partial charge in [-0.25, -0.2) is 0 Å². The first-order chi connectivity index (χ1) is 9.22. The number of hydrogen-bond acceptors (Lipinski definition) is 2. The zero-order valence-corrected chi connectivity index (χ0v) is 13.0. The Hall–Kier alpha value is -1.53. The summed E-state index contributed by atoms with van der Waals surface area (Å²) in [4.78, 5) is 12.5. The quantitative estimate of drug-likeness (QED) is 0.793. The molecule has 0 aliphatic heterocycles. The van der Waals surface area contributed by atoms with Crippen molar-refractivity contribution >= 4 is 23.6 Å². The number of rotatable bonds is 5. The van der Waals surface area contributed by atoms with Gasteiger partial charge in [-0.3, -0.25) is 0 Å². The van der Waals surface area contributed by atoms with Crippen molar-refractivity contribution in [1.82, 2.24) is 0 Å². The van der Waals surface area contributed by atoms with Gasteiger partial charge in [0.15, 0.2) is 0 Å². The topological polar surface area (TPSA) is 26.3 Å². The third-order valence-corrected chi connectivity index (χ3v) is 6.67. The standard InChI is InChI=1S/C16H16AsO2/c1-3-19-15-11-7-8-13(12-15)16(18)17(2)14-9-5-4-6-10-14/h4-9,11-12H,3H2,1-2H3. The van der Waals surface area contributed by atoms with Gasteiger partial charge in [-0.05, 0) is 0 Å². The third-order valence-electron chi connectivity index (χ3n) is 2.75. The van der Waals surface area contributed by atoms with E-state index in [2.05, 4.69) is 11.8 Å². The Bertz CT molecular complexity index is 552. The van der Waals surface area contributed by atoms with E-state index < -0.39 is 14.7 Å². The van der Waals surface area contributed by atoms with Crippen LogP contribution in [-0.2, 0) is 0 Å². The van der Waals surface area contributed by atoms with E-state index in [-0.39, 0.29) is 4.57 Å². The molecule has 97 valence electrons. The van der Waals surface area contributed by atoms with Gasteiger partial charge < -0.3 is 0 Å². The van der Waals surface area contributed by atoms with E-state index in [1.807, 2.05) is 55.5 Å². The molecule has 0 amide bonds. The second kappa shape index (κ2) is 6.58. The van der Waals surface area contributed by atoms with Gasteiger partial charge in [0.1, 0.15) is 0 Å². The van der Waals surface area contributed by atoms with Crippen molar-refractivity contribution in [2.45, 2.75) is 12.6 Å². The van der Waals surface area contributed by atoms with E-state index in [9.17, 15) is 4.79 Å². The van der Waals surface area contributed by atoms with Crippen LogP contribution >= 0.6 is 0 Å². The third kappa shape index (κ3) is 3.48. The Morgan fingerprint density at radius 1 is 1.26 bits per heavy atom. The minimum atomic E-state index is -1.75. The first-order valence-electron chi connectivity index (χ1n) is 6.20. The summed E-state index contributed by atoms with van der Waals surface area (Å²) in [5.41, 5.74) is 2.79. The Kier molecular flexibility index (Phi) is 4.81. The normalized spacial score (nSPS) is 11.9. The monoisotopic (exact) mass is 315 g/mol. The predicted molar refractivity (Wildman–Crippen MR) is 78.5 cm³/mol. The molecule has 0 heterocycles. The number of hydrogen-bond donors (Lipinski definition) is 0. The van der Waals surface area contributed by atoms with Gasteiger partial charge in [0, 0.05) is 0 Å². The molecule has 2 aromatic rings. The first-order valence-corrected chi connectivity index (χ1v) is 9.95. The molecule has 0 saturated heterocycles. The zero-order chi connectivity index (χ0) is 13.7. The molecular weight excluding hydrogens is 299 g/mol. The van der Waals surface area contributed by atoms with Gasteiger partial charge in [-0.15, -0.1) is 0 Å². The average Bonchev–Trinajstić information content (AvgIpc) is 2.47. The molecule has 0 fully saturated rings. The maximum absolute atomic E-state index is 12.5. The van der Waals surface area contributed by atoms with Crippen molar-refractivity contribution in [3.63, 3.8) is 0 Å². The van der Waals surface area contributed by atoms with E-state index in [1.165, 1.54) is 0 Å². The molecule has 3 heteroatoms. The van der Waals surface area contributed by atoms with Crippen molar-refractivity contribution in [3.8, 4) is 5.75 Å². The summed E-state index contributed by atoms with van der Waals surface area (Å²) in [5.74, 6) is 0.757. The van der Waals surface area contributed by atoms with Crippen LogP contribution in [0.15, 0.2) is 48.5 Å². The molecule has 0 saturated carbocycles. The van der Waals surface area contributed by atoms with Crippen LogP contribution < -0.4 is 9.09 Å². The average molecular weight is 315 g/mol. The van der Waals surface area contributed by atoms with Crippen LogP contribution in [0.5, 0.6) is 5.75 Å². The van der Waals surface area contributed by atoms with Crippen LogP contribution in [0.4, 0.5) is 0 Å². The minimum absolute atomic E-state index is 0.233. The number of carbonyl (C=O) groups is 1. The van der Waals surface area contributed by atoms with Crippen LogP contribution in [-0.4, -0.2) is 25.8 Å². The molecule has 2 aromatic carbocycles. The fraction of sp³-hybridized carbons (Fsp3) is 0.188. The molecular formula is C16H16AsO2. The fourth-order valence-corrected chi connectivity index (χ4v) is 4.56. The van der Waals surface area contributed by atoms with E-state index in [4.69, 9.17) is 4.74 Å². The molecule has 0 aromatic heterocycles. The fourth-order valence-electron chi connectivity index (χ4n) is 1.78. The van der Waals surface area contributed by atoms with Crippen molar-refractivity contribution in [2.24, 2.45) is 0 Å². The van der Waals surface area contributed by atoms with E-state index >= 15 is 0 Å². The van der Waals surface area contributed by atoms with Gasteiger partial charge in [0.2, 0.25) is 0 Å². The summed E-state index contributed by atoms with van der Waals surface area (Å²) in [6, 6.07) is 18.3. The Balaban J connectivity index is 2.22. The van der Waals surface area contributed by atoms with Gasteiger partial charge in [0.05, 0.1) is 0 Å². The van der Waals surface area contributed by atoms with Crippen LogP contribution in [0.25, 0.3) is 0 Å². The summed E-state index contributed by atoms with van der Waals surface area (Å²) >= 11 is -1.75. The summed E-state index contributed by atoms with van der Waals surface area (Å²) < 4.78 is 6.73. The van der Waals surface area contributed by atoms with Crippen molar-refractivity contribution in [3.05, 3.63) is 60.2 Å². The molecule has 2 rings (SSSR count). The van der Waals surface area contributed by atoms with Crippen molar-refractivity contribution in [1.29, 1.82) is 0 Å². The second-order valence-electron chi connectivity index (χ2n) is 4.07. The van der Waals surface area contributed by atoms with Crippen molar-refractivity contribution in [2.75, 3.05) is 6.61 Å². The van der Waals surface area contributed by atoms with Gasteiger partial charge in [-0.2, -0.15) is 0 Å². The molecule has 1 radical (unpaired) electrons. The van der Waals surface area contributed by atoms with Crippen LogP contribution in [0.2, 0.25) is 5.71 Å². The Labute approximate surface area is 118 Å². The van der Waals surface area contributed by atoms with E-state index in [0.29, 0.717) is 6.61 Å². The van der Waals surface area contributed by atoms with Gasteiger partial charge in [-0.1, -0.05) is 0 Å².